The Balaban J connectivity index is 1.24. The average Bonchev–Trinajstić information content (AvgIpc) is 3.20. The second-order valence-electron chi connectivity index (χ2n) is 7.74. The van der Waals surface area contributed by atoms with E-state index in [-0.39, 0.29) is 5.88 Å². The van der Waals surface area contributed by atoms with Crippen molar-refractivity contribution in [2.75, 3.05) is 44.3 Å². The molecule has 1 aromatic carbocycles. The van der Waals surface area contributed by atoms with Gasteiger partial charge in [0.15, 0.2) is 6.61 Å². The lowest BCUT2D eigenvalue weighted by molar-refractivity contribution is 0.0804. The van der Waals surface area contributed by atoms with Crippen LogP contribution in [0.5, 0.6) is 5.88 Å². The van der Waals surface area contributed by atoms with Crippen LogP contribution in [0.1, 0.15) is 11.5 Å². The van der Waals surface area contributed by atoms with Crippen molar-refractivity contribution in [2.24, 2.45) is 0 Å². The first-order chi connectivity index (χ1) is 15.2. The molecule has 0 saturated carbocycles. The molecule has 0 N–H and O–H groups in total. The Labute approximate surface area is 178 Å². The number of piperazine rings is 1. The van der Waals surface area contributed by atoms with Gasteiger partial charge in [0.05, 0.1) is 23.2 Å². The summed E-state index contributed by atoms with van der Waals surface area (Å²) in [4.78, 5) is 17.6. The second kappa shape index (κ2) is 8.72. The number of fused-ring (bicyclic) bond motifs is 2. The highest BCUT2D eigenvalue weighted by molar-refractivity contribution is 5.86. The molecule has 10 heteroatoms. The molecule has 31 heavy (non-hydrogen) atoms. The number of alkyl halides is 2. The van der Waals surface area contributed by atoms with Crippen molar-refractivity contribution in [2.45, 2.75) is 26.1 Å². The van der Waals surface area contributed by atoms with Crippen molar-refractivity contribution in [1.82, 2.24) is 24.4 Å². The molecule has 5 rings (SSSR count). The number of imidazole rings is 1. The molecule has 1 fully saturated rings. The number of aromatic nitrogens is 4. The number of halogens is 2. The van der Waals surface area contributed by atoms with E-state index >= 15 is 0 Å². The Morgan fingerprint density at radius 2 is 1.97 bits per heavy atom. The summed E-state index contributed by atoms with van der Waals surface area (Å²) in [7, 11) is 0. The van der Waals surface area contributed by atoms with Crippen LogP contribution < -0.4 is 9.64 Å². The molecule has 2 aliphatic rings. The van der Waals surface area contributed by atoms with Crippen molar-refractivity contribution >= 4 is 16.6 Å². The third-order valence-electron chi connectivity index (χ3n) is 5.67. The van der Waals surface area contributed by atoms with Crippen LogP contribution in [0.3, 0.4) is 0 Å². The zero-order chi connectivity index (χ0) is 21.2. The largest absolute Gasteiger partial charge is 0.471 e. The van der Waals surface area contributed by atoms with E-state index < -0.39 is 13.0 Å². The van der Waals surface area contributed by atoms with E-state index in [0.717, 1.165) is 63.1 Å². The molecule has 2 aliphatic heterocycles. The highest BCUT2D eigenvalue weighted by atomic mass is 19.3. The summed E-state index contributed by atoms with van der Waals surface area (Å²) in [6.45, 7) is 5.89. The number of hydrogen-bond acceptors (Lipinski definition) is 7. The van der Waals surface area contributed by atoms with Gasteiger partial charge in [0, 0.05) is 51.2 Å². The van der Waals surface area contributed by atoms with Crippen LogP contribution in [0.25, 0.3) is 10.9 Å². The van der Waals surface area contributed by atoms with Gasteiger partial charge in [-0.1, -0.05) is 0 Å². The van der Waals surface area contributed by atoms with E-state index in [2.05, 4.69) is 30.5 Å². The molecule has 0 radical (unpaired) electrons. The van der Waals surface area contributed by atoms with Gasteiger partial charge in [-0.3, -0.25) is 4.90 Å². The van der Waals surface area contributed by atoms with E-state index in [1.165, 1.54) is 6.33 Å². The van der Waals surface area contributed by atoms with E-state index in [9.17, 15) is 8.78 Å². The molecule has 8 nitrogen and oxygen atoms in total. The van der Waals surface area contributed by atoms with E-state index in [4.69, 9.17) is 14.5 Å². The smallest absolute Gasteiger partial charge is 0.272 e. The predicted octanol–water partition coefficient (Wildman–Crippen LogP) is 2.32. The summed E-state index contributed by atoms with van der Waals surface area (Å²) in [5.74, 6) is 1.20. The highest BCUT2D eigenvalue weighted by Crippen LogP contribution is 2.28. The molecule has 0 bridgehead atoms. The molecular weight excluding hydrogens is 406 g/mol. The van der Waals surface area contributed by atoms with Gasteiger partial charge in [0.2, 0.25) is 5.88 Å². The fourth-order valence-corrected chi connectivity index (χ4v) is 4.09. The fraction of sp³-hybridized carbons (Fsp3) is 0.476. The molecule has 1 saturated heterocycles. The maximum absolute atomic E-state index is 12.6. The van der Waals surface area contributed by atoms with E-state index in [1.807, 2.05) is 18.2 Å². The molecule has 0 unspecified atom stereocenters. The number of nitrogens with zero attached hydrogens (tertiary/aromatic N) is 6. The Morgan fingerprint density at radius 1 is 1.10 bits per heavy atom. The van der Waals surface area contributed by atoms with Gasteiger partial charge in [0.1, 0.15) is 18.8 Å². The Kier molecular flexibility index (Phi) is 5.65. The van der Waals surface area contributed by atoms with Crippen LogP contribution in [0.15, 0.2) is 30.7 Å². The molecular formula is C21H24F2N6O2. The standard InChI is InChI=1S/C21H24F2N6O2/c22-19(23)12-31-21-17-9-16(1-2-18(17)24-14-25-21)28-5-3-27(4-6-28)10-15-11-29-7-8-30-13-20(29)26-15/h1-2,9,11,14,19H,3-8,10,12-13H2. The Bertz CT molecular complexity index is 1030. The van der Waals surface area contributed by atoms with Gasteiger partial charge in [0.25, 0.3) is 6.43 Å². The Morgan fingerprint density at radius 3 is 2.77 bits per heavy atom. The lowest BCUT2D eigenvalue weighted by Gasteiger charge is -2.35. The van der Waals surface area contributed by atoms with Gasteiger partial charge in [-0.15, -0.1) is 0 Å². The fourth-order valence-electron chi connectivity index (χ4n) is 4.09. The van der Waals surface area contributed by atoms with Crippen LogP contribution in [0.4, 0.5) is 14.5 Å². The van der Waals surface area contributed by atoms with Crippen LogP contribution >= 0.6 is 0 Å². The number of anilines is 1. The third-order valence-corrected chi connectivity index (χ3v) is 5.67. The quantitative estimate of drug-likeness (QED) is 0.595. The summed E-state index contributed by atoms with van der Waals surface area (Å²) < 4.78 is 38.0. The van der Waals surface area contributed by atoms with Crippen molar-refractivity contribution in [1.29, 1.82) is 0 Å². The minimum Gasteiger partial charge on any atom is -0.471 e. The van der Waals surface area contributed by atoms with E-state index in [0.29, 0.717) is 17.5 Å². The molecule has 0 aliphatic carbocycles. The molecule has 4 heterocycles. The summed E-state index contributed by atoms with van der Waals surface area (Å²) >= 11 is 0. The van der Waals surface area contributed by atoms with E-state index in [1.54, 1.807) is 0 Å². The first-order valence-electron chi connectivity index (χ1n) is 10.4. The molecule has 0 spiro atoms. The van der Waals surface area contributed by atoms with Gasteiger partial charge in [-0.2, -0.15) is 0 Å². The minimum absolute atomic E-state index is 0.193. The summed E-state index contributed by atoms with van der Waals surface area (Å²) in [5.41, 5.74) is 2.77. The lowest BCUT2D eigenvalue weighted by atomic mass is 10.2. The maximum Gasteiger partial charge on any atom is 0.272 e. The van der Waals surface area contributed by atoms with Gasteiger partial charge in [-0.25, -0.2) is 23.7 Å². The SMILES string of the molecule is FC(F)COc1ncnc2ccc(N3CCN(Cc4cn5c(n4)COCC5)CC3)cc12. The zero-order valence-electron chi connectivity index (χ0n) is 17.1. The first-order valence-corrected chi connectivity index (χ1v) is 10.4. The molecule has 2 aromatic heterocycles. The van der Waals surface area contributed by atoms with Crippen molar-refractivity contribution in [3.05, 3.63) is 42.2 Å². The Hall–Kier alpha value is -2.85. The van der Waals surface area contributed by atoms with Crippen LogP contribution in [-0.4, -0.2) is 70.2 Å². The highest BCUT2D eigenvalue weighted by Gasteiger charge is 2.20. The third kappa shape index (κ3) is 4.45. The van der Waals surface area contributed by atoms with Crippen LogP contribution in [-0.2, 0) is 24.4 Å². The van der Waals surface area contributed by atoms with Gasteiger partial charge in [-0.05, 0) is 18.2 Å². The van der Waals surface area contributed by atoms with Crippen molar-refractivity contribution in [3.8, 4) is 5.88 Å². The summed E-state index contributed by atoms with van der Waals surface area (Å²) in [6.07, 6.45) is 0.922. The average molecular weight is 430 g/mol. The number of benzene rings is 1. The number of rotatable bonds is 6. The van der Waals surface area contributed by atoms with Crippen LogP contribution in [0.2, 0.25) is 0 Å². The topological polar surface area (TPSA) is 68.5 Å². The molecule has 164 valence electrons. The minimum atomic E-state index is -2.55. The van der Waals surface area contributed by atoms with Gasteiger partial charge >= 0.3 is 0 Å². The van der Waals surface area contributed by atoms with Gasteiger partial charge < -0.3 is 18.9 Å². The number of ether oxygens (including phenoxy) is 2. The normalized spacial score (nSPS) is 17.3. The molecule has 3 aromatic rings. The number of hydrogen-bond donors (Lipinski definition) is 0. The predicted molar refractivity (Wildman–Crippen MR) is 110 cm³/mol. The zero-order valence-corrected chi connectivity index (χ0v) is 17.1. The molecule has 0 atom stereocenters. The summed E-state index contributed by atoms with van der Waals surface area (Å²) in [6, 6.07) is 5.81. The molecule has 0 amide bonds. The monoisotopic (exact) mass is 430 g/mol. The van der Waals surface area contributed by atoms with Crippen molar-refractivity contribution in [3.63, 3.8) is 0 Å². The van der Waals surface area contributed by atoms with Crippen LogP contribution in [0, 0.1) is 0 Å². The maximum atomic E-state index is 12.6. The lowest BCUT2D eigenvalue weighted by Crippen LogP contribution is -2.46. The van der Waals surface area contributed by atoms with Crippen molar-refractivity contribution < 1.29 is 18.3 Å². The second-order valence-corrected chi connectivity index (χ2v) is 7.74. The summed E-state index contributed by atoms with van der Waals surface area (Å²) in [5, 5.41) is 0.647. The first kappa shape index (κ1) is 20.1.